The third-order valence-corrected chi connectivity index (χ3v) is 6.92. The Morgan fingerprint density at radius 3 is 2.53 bits per heavy atom. The Kier molecular flexibility index (Phi) is 4.87. The number of rotatable bonds is 4. The van der Waals surface area contributed by atoms with Crippen molar-refractivity contribution in [3.05, 3.63) is 15.6 Å². The molecule has 0 unspecified atom stereocenters. The van der Waals surface area contributed by atoms with Crippen LogP contribution in [0.25, 0.3) is 0 Å². The van der Waals surface area contributed by atoms with Crippen molar-refractivity contribution in [3.63, 3.8) is 0 Å². The number of piperidine rings is 1. The standard InChI is InChI=1S/C13H21N3S3/c1-9-10(2)19-11(15-9)8-16-6-4-13(18-3,5-7-16)12(14)17/h4-8H2,1-3H3,(H2,14,17). The molecule has 2 rings (SSSR count). The van der Waals surface area contributed by atoms with E-state index in [0.717, 1.165) is 32.5 Å². The number of thiocarbonyl (C=S) groups is 1. The van der Waals surface area contributed by atoms with Crippen LogP contribution in [0.2, 0.25) is 0 Å². The van der Waals surface area contributed by atoms with Crippen molar-refractivity contribution in [3.8, 4) is 0 Å². The minimum absolute atomic E-state index is 0.0144. The molecular formula is C13H21N3S3. The van der Waals surface area contributed by atoms with Crippen molar-refractivity contribution in [2.45, 2.75) is 38.0 Å². The molecule has 0 atom stereocenters. The first-order valence-electron chi connectivity index (χ1n) is 6.47. The summed E-state index contributed by atoms with van der Waals surface area (Å²) in [5.41, 5.74) is 7.08. The Morgan fingerprint density at radius 1 is 1.47 bits per heavy atom. The van der Waals surface area contributed by atoms with E-state index in [2.05, 4.69) is 30.0 Å². The maximum Gasteiger partial charge on any atom is 0.107 e. The molecule has 0 spiro atoms. The molecule has 0 amide bonds. The van der Waals surface area contributed by atoms with Gasteiger partial charge in [-0.25, -0.2) is 4.98 Å². The number of nitrogens with zero attached hydrogens (tertiary/aromatic N) is 2. The number of thioether (sulfide) groups is 1. The fraction of sp³-hybridized carbons (Fsp3) is 0.692. The van der Waals surface area contributed by atoms with Gasteiger partial charge in [0.15, 0.2) is 0 Å². The van der Waals surface area contributed by atoms with Crippen LogP contribution >= 0.6 is 35.3 Å². The van der Waals surface area contributed by atoms with E-state index in [1.807, 2.05) is 23.1 Å². The van der Waals surface area contributed by atoms with Gasteiger partial charge in [-0.3, -0.25) is 4.90 Å². The van der Waals surface area contributed by atoms with Crippen molar-refractivity contribution in [2.24, 2.45) is 5.73 Å². The first kappa shape index (κ1) is 15.2. The molecule has 0 aliphatic carbocycles. The van der Waals surface area contributed by atoms with Crippen LogP contribution in [0.5, 0.6) is 0 Å². The summed E-state index contributed by atoms with van der Waals surface area (Å²) in [5, 5.41) is 1.22. The molecular weight excluding hydrogens is 294 g/mol. The highest BCUT2D eigenvalue weighted by Crippen LogP contribution is 2.35. The quantitative estimate of drug-likeness (QED) is 0.865. The molecule has 19 heavy (non-hydrogen) atoms. The molecule has 0 radical (unpaired) electrons. The number of likely N-dealkylation sites (tertiary alicyclic amines) is 1. The molecule has 0 aromatic carbocycles. The smallest absolute Gasteiger partial charge is 0.107 e. The fourth-order valence-corrected chi connectivity index (χ4v) is 4.64. The van der Waals surface area contributed by atoms with Gasteiger partial charge in [0.2, 0.25) is 0 Å². The van der Waals surface area contributed by atoms with Gasteiger partial charge in [-0.05, 0) is 32.9 Å². The zero-order chi connectivity index (χ0) is 14.0. The Bertz CT molecular complexity index is 442. The lowest BCUT2D eigenvalue weighted by Gasteiger charge is -2.39. The number of nitrogens with two attached hydrogens (primary N) is 1. The number of hydrogen-bond acceptors (Lipinski definition) is 5. The zero-order valence-electron chi connectivity index (χ0n) is 11.7. The van der Waals surface area contributed by atoms with Crippen LogP contribution in [0.4, 0.5) is 0 Å². The van der Waals surface area contributed by atoms with Crippen LogP contribution in [0, 0.1) is 13.8 Å². The van der Waals surface area contributed by atoms with Gasteiger partial charge >= 0.3 is 0 Å². The second-order valence-electron chi connectivity index (χ2n) is 5.09. The Hall–Kier alpha value is -0.170. The van der Waals surface area contributed by atoms with Crippen LogP contribution in [-0.4, -0.2) is 39.0 Å². The second kappa shape index (κ2) is 6.08. The predicted octanol–water partition coefficient (Wildman–Crippen LogP) is 2.74. The fourth-order valence-electron chi connectivity index (χ4n) is 2.42. The molecule has 2 N–H and O–H groups in total. The molecule has 0 saturated carbocycles. The van der Waals surface area contributed by atoms with Gasteiger partial charge < -0.3 is 5.73 Å². The Morgan fingerprint density at radius 2 is 2.11 bits per heavy atom. The van der Waals surface area contributed by atoms with Crippen molar-refractivity contribution in [2.75, 3.05) is 19.3 Å². The normalized spacial score (nSPS) is 19.5. The maximum atomic E-state index is 5.92. The van der Waals surface area contributed by atoms with Gasteiger partial charge in [0.05, 0.1) is 22.0 Å². The van der Waals surface area contributed by atoms with E-state index in [1.165, 1.54) is 15.6 Å². The van der Waals surface area contributed by atoms with Crippen LogP contribution in [0.15, 0.2) is 0 Å². The maximum absolute atomic E-state index is 5.92. The molecule has 2 heterocycles. The number of aryl methyl sites for hydroxylation is 2. The molecule has 1 fully saturated rings. The van der Waals surface area contributed by atoms with Crippen LogP contribution in [0.1, 0.15) is 28.4 Å². The summed E-state index contributed by atoms with van der Waals surface area (Å²) in [4.78, 5) is 9.07. The predicted molar refractivity (Wildman–Crippen MR) is 89.1 cm³/mol. The first-order chi connectivity index (χ1) is 8.97. The number of hydrogen-bond donors (Lipinski definition) is 1. The monoisotopic (exact) mass is 315 g/mol. The summed E-state index contributed by atoms with van der Waals surface area (Å²) >= 11 is 8.87. The average molecular weight is 316 g/mol. The zero-order valence-corrected chi connectivity index (χ0v) is 14.2. The Balaban J connectivity index is 1.95. The van der Waals surface area contributed by atoms with Gasteiger partial charge in [-0.2, -0.15) is 11.8 Å². The highest BCUT2D eigenvalue weighted by atomic mass is 32.2. The minimum Gasteiger partial charge on any atom is -0.392 e. The molecule has 1 aliphatic heterocycles. The molecule has 1 saturated heterocycles. The lowest BCUT2D eigenvalue weighted by Crippen LogP contribution is -2.48. The summed E-state index contributed by atoms with van der Waals surface area (Å²) in [6, 6.07) is 0. The molecule has 106 valence electrons. The van der Waals surface area contributed by atoms with Crippen LogP contribution < -0.4 is 5.73 Å². The lowest BCUT2D eigenvalue weighted by atomic mass is 9.95. The third-order valence-electron chi connectivity index (χ3n) is 3.94. The Labute approximate surface area is 129 Å². The topological polar surface area (TPSA) is 42.1 Å². The molecule has 3 nitrogen and oxygen atoms in total. The SMILES string of the molecule is CSC1(C(N)=S)CCN(Cc2nc(C)c(C)s2)CC1. The average Bonchev–Trinajstić information content (AvgIpc) is 2.69. The summed E-state index contributed by atoms with van der Waals surface area (Å²) in [6.45, 7) is 7.28. The van der Waals surface area contributed by atoms with E-state index in [4.69, 9.17) is 18.0 Å². The van der Waals surface area contributed by atoms with Crippen molar-refractivity contribution >= 4 is 40.3 Å². The summed E-state index contributed by atoms with van der Waals surface area (Å²) in [6.07, 6.45) is 4.21. The number of aromatic nitrogens is 1. The second-order valence-corrected chi connectivity index (χ2v) is 8.01. The lowest BCUT2D eigenvalue weighted by molar-refractivity contribution is 0.212. The van der Waals surface area contributed by atoms with Crippen molar-refractivity contribution < 1.29 is 0 Å². The van der Waals surface area contributed by atoms with Crippen molar-refractivity contribution in [1.29, 1.82) is 0 Å². The van der Waals surface area contributed by atoms with E-state index in [1.54, 1.807) is 0 Å². The number of thiazole rings is 1. The molecule has 6 heteroatoms. The van der Waals surface area contributed by atoms with Crippen LogP contribution in [0.3, 0.4) is 0 Å². The minimum atomic E-state index is 0.0144. The van der Waals surface area contributed by atoms with Gasteiger partial charge in [-0.1, -0.05) is 12.2 Å². The van der Waals surface area contributed by atoms with Crippen LogP contribution in [-0.2, 0) is 6.54 Å². The third kappa shape index (κ3) is 3.29. The van der Waals surface area contributed by atoms with E-state index >= 15 is 0 Å². The van der Waals surface area contributed by atoms with E-state index in [0.29, 0.717) is 4.99 Å². The highest BCUT2D eigenvalue weighted by molar-refractivity contribution is 8.02. The van der Waals surface area contributed by atoms with E-state index < -0.39 is 0 Å². The first-order valence-corrected chi connectivity index (χ1v) is 8.92. The van der Waals surface area contributed by atoms with E-state index in [-0.39, 0.29) is 4.75 Å². The summed E-state index contributed by atoms with van der Waals surface area (Å²) in [7, 11) is 0. The molecule has 1 aromatic rings. The largest absolute Gasteiger partial charge is 0.392 e. The van der Waals surface area contributed by atoms with Crippen molar-refractivity contribution in [1.82, 2.24) is 9.88 Å². The highest BCUT2D eigenvalue weighted by Gasteiger charge is 2.36. The van der Waals surface area contributed by atoms with Gasteiger partial charge in [-0.15, -0.1) is 11.3 Å². The van der Waals surface area contributed by atoms with Gasteiger partial charge in [0, 0.05) is 18.0 Å². The molecule has 0 bridgehead atoms. The van der Waals surface area contributed by atoms with Gasteiger partial charge in [0.1, 0.15) is 5.01 Å². The van der Waals surface area contributed by atoms with E-state index in [9.17, 15) is 0 Å². The molecule has 1 aromatic heterocycles. The summed E-state index contributed by atoms with van der Waals surface area (Å²) < 4.78 is 0.0144. The van der Waals surface area contributed by atoms with Gasteiger partial charge in [0.25, 0.3) is 0 Å². The summed E-state index contributed by atoms with van der Waals surface area (Å²) in [5.74, 6) is 0. The molecule has 1 aliphatic rings.